The number of carbonyl (C=O) groups is 2. The zero-order valence-electron chi connectivity index (χ0n) is 16.1. The molecule has 3 aromatic rings. The number of nitrogens with one attached hydrogen (secondary N) is 1. The molecule has 0 aliphatic carbocycles. The molecule has 1 atom stereocenters. The maximum absolute atomic E-state index is 12.7. The summed E-state index contributed by atoms with van der Waals surface area (Å²) >= 11 is 1.57. The number of nitrogens with zero attached hydrogens (tertiary/aromatic N) is 3. The molecule has 1 aromatic carbocycles. The van der Waals surface area contributed by atoms with E-state index in [-0.39, 0.29) is 17.6 Å². The minimum Gasteiger partial charge on any atom is -0.338 e. The van der Waals surface area contributed by atoms with Crippen LogP contribution in [-0.4, -0.2) is 39.8 Å². The number of thiophene rings is 1. The Bertz CT molecular complexity index is 999. The first-order chi connectivity index (χ1) is 14.1. The number of carbonyl (C=O) groups excluding carboxylic acids is 2. The van der Waals surface area contributed by atoms with Crippen molar-refractivity contribution < 1.29 is 14.1 Å². The van der Waals surface area contributed by atoms with Crippen molar-refractivity contribution in [1.82, 2.24) is 15.0 Å². The molecular weight excluding hydrogens is 388 g/mol. The number of anilines is 1. The Balaban J connectivity index is 1.36. The summed E-state index contributed by atoms with van der Waals surface area (Å²) in [5.41, 5.74) is 1.24. The summed E-state index contributed by atoms with van der Waals surface area (Å²) in [6.45, 7) is 3.57. The Kier molecular flexibility index (Phi) is 5.82. The lowest BCUT2D eigenvalue weighted by Crippen LogP contribution is -2.40. The monoisotopic (exact) mass is 410 g/mol. The molecule has 0 saturated carbocycles. The lowest BCUT2D eigenvalue weighted by atomic mass is 9.97. The molecule has 1 N–H and O–H groups in total. The fraction of sp³-hybridized carbons (Fsp3) is 0.333. The minimum atomic E-state index is -0.121. The van der Waals surface area contributed by atoms with Crippen molar-refractivity contribution >= 4 is 28.7 Å². The van der Waals surface area contributed by atoms with E-state index >= 15 is 0 Å². The molecule has 8 heteroatoms. The zero-order chi connectivity index (χ0) is 20.2. The first kappa shape index (κ1) is 19.5. The largest absolute Gasteiger partial charge is 0.338 e. The summed E-state index contributed by atoms with van der Waals surface area (Å²) in [7, 11) is 0. The van der Waals surface area contributed by atoms with Crippen LogP contribution in [0.4, 0.5) is 5.69 Å². The Hall–Kier alpha value is -2.84. The second-order valence-electron chi connectivity index (χ2n) is 7.19. The van der Waals surface area contributed by atoms with Crippen molar-refractivity contribution in [3.8, 4) is 10.7 Å². The molecule has 1 aliphatic heterocycles. The summed E-state index contributed by atoms with van der Waals surface area (Å²) in [6, 6.07) is 11.0. The third-order valence-corrected chi connectivity index (χ3v) is 5.85. The number of aromatic nitrogens is 2. The number of hydrogen-bond donors (Lipinski definition) is 1. The fourth-order valence-electron chi connectivity index (χ4n) is 3.49. The quantitative estimate of drug-likeness (QED) is 0.621. The van der Waals surface area contributed by atoms with Crippen LogP contribution >= 0.6 is 11.3 Å². The van der Waals surface area contributed by atoms with Crippen molar-refractivity contribution in [3.05, 3.63) is 53.2 Å². The van der Waals surface area contributed by atoms with Gasteiger partial charge in [0.05, 0.1) is 17.3 Å². The van der Waals surface area contributed by atoms with E-state index in [0.717, 1.165) is 24.3 Å². The van der Waals surface area contributed by atoms with Gasteiger partial charge in [0, 0.05) is 17.8 Å². The van der Waals surface area contributed by atoms with Crippen LogP contribution in [0.3, 0.4) is 0 Å². The lowest BCUT2D eigenvalue weighted by Gasteiger charge is -2.30. The van der Waals surface area contributed by atoms with Gasteiger partial charge in [0.2, 0.25) is 17.6 Å². The van der Waals surface area contributed by atoms with Crippen molar-refractivity contribution in [1.29, 1.82) is 0 Å². The topological polar surface area (TPSA) is 88.3 Å². The number of hydrogen-bond acceptors (Lipinski definition) is 7. The summed E-state index contributed by atoms with van der Waals surface area (Å²) < 4.78 is 5.39. The van der Waals surface area contributed by atoms with Crippen LogP contribution in [0.25, 0.3) is 10.7 Å². The normalized spacial score (nSPS) is 17.2. The van der Waals surface area contributed by atoms with Gasteiger partial charge < -0.3 is 9.84 Å². The van der Waals surface area contributed by atoms with Crippen molar-refractivity contribution in [3.63, 3.8) is 0 Å². The van der Waals surface area contributed by atoms with Gasteiger partial charge in [-0.2, -0.15) is 4.98 Å². The van der Waals surface area contributed by atoms with Crippen LogP contribution in [0.2, 0.25) is 0 Å². The van der Waals surface area contributed by atoms with Gasteiger partial charge in [-0.1, -0.05) is 23.4 Å². The standard InChI is InChI=1S/C21H22N4O3S/c1-14(26)15-5-2-7-17(11-15)22-21(27)16-6-3-9-25(12-16)13-19-23-20(24-28-19)18-8-4-10-29-18/h2,4-5,7-8,10-11,16H,3,6,9,12-13H2,1H3,(H,22,27). The van der Waals surface area contributed by atoms with E-state index in [1.807, 2.05) is 17.5 Å². The Morgan fingerprint density at radius 3 is 3.00 bits per heavy atom. The van der Waals surface area contributed by atoms with Gasteiger partial charge in [-0.05, 0) is 49.9 Å². The predicted octanol–water partition coefficient (Wildman–Crippen LogP) is 3.85. The summed E-state index contributed by atoms with van der Waals surface area (Å²) in [6.07, 6.45) is 1.76. The number of benzene rings is 1. The molecule has 7 nitrogen and oxygen atoms in total. The molecule has 4 rings (SSSR count). The second-order valence-corrected chi connectivity index (χ2v) is 8.14. The molecule has 1 aliphatic rings. The van der Waals surface area contributed by atoms with E-state index in [0.29, 0.717) is 36.1 Å². The molecule has 0 bridgehead atoms. The number of amides is 1. The highest BCUT2D eigenvalue weighted by Crippen LogP contribution is 2.24. The molecule has 0 radical (unpaired) electrons. The molecule has 1 saturated heterocycles. The van der Waals surface area contributed by atoms with Gasteiger partial charge in [0.25, 0.3) is 0 Å². The van der Waals surface area contributed by atoms with Crippen LogP contribution < -0.4 is 5.32 Å². The van der Waals surface area contributed by atoms with Crippen molar-refractivity contribution in [2.45, 2.75) is 26.3 Å². The van der Waals surface area contributed by atoms with E-state index in [2.05, 4.69) is 20.4 Å². The van der Waals surface area contributed by atoms with Gasteiger partial charge in [-0.25, -0.2) is 0 Å². The smallest absolute Gasteiger partial charge is 0.241 e. The van der Waals surface area contributed by atoms with Crippen molar-refractivity contribution in [2.24, 2.45) is 5.92 Å². The molecular formula is C21H22N4O3S. The SMILES string of the molecule is CC(=O)c1cccc(NC(=O)C2CCCN(Cc3nc(-c4cccs4)no3)C2)c1. The Morgan fingerprint density at radius 2 is 2.21 bits per heavy atom. The Morgan fingerprint density at radius 1 is 1.31 bits per heavy atom. The van der Waals surface area contributed by atoms with E-state index in [1.54, 1.807) is 35.6 Å². The van der Waals surface area contributed by atoms with Gasteiger partial charge in [-0.15, -0.1) is 11.3 Å². The molecule has 29 heavy (non-hydrogen) atoms. The van der Waals surface area contributed by atoms with E-state index in [1.165, 1.54) is 6.92 Å². The van der Waals surface area contributed by atoms with Gasteiger partial charge in [0.15, 0.2) is 5.78 Å². The maximum atomic E-state index is 12.7. The highest BCUT2D eigenvalue weighted by atomic mass is 32.1. The number of piperidine rings is 1. The third-order valence-electron chi connectivity index (χ3n) is 4.98. The lowest BCUT2D eigenvalue weighted by molar-refractivity contribution is -0.121. The summed E-state index contributed by atoms with van der Waals surface area (Å²) in [5, 5.41) is 8.97. The highest BCUT2D eigenvalue weighted by molar-refractivity contribution is 7.13. The number of likely N-dealkylation sites (tertiary alicyclic amines) is 1. The van der Waals surface area contributed by atoms with E-state index < -0.39 is 0 Å². The van der Waals surface area contributed by atoms with Gasteiger partial charge >= 0.3 is 0 Å². The van der Waals surface area contributed by atoms with Crippen LogP contribution in [-0.2, 0) is 11.3 Å². The van der Waals surface area contributed by atoms with Crippen LogP contribution in [0.5, 0.6) is 0 Å². The molecule has 0 spiro atoms. The molecule has 150 valence electrons. The fourth-order valence-corrected chi connectivity index (χ4v) is 4.14. The van der Waals surface area contributed by atoms with Gasteiger partial charge in [0.1, 0.15) is 0 Å². The molecule has 3 heterocycles. The zero-order valence-corrected chi connectivity index (χ0v) is 16.9. The predicted molar refractivity (Wildman–Crippen MR) is 111 cm³/mol. The average molecular weight is 410 g/mol. The molecule has 1 fully saturated rings. The molecule has 2 aromatic heterocycles. The van der Waals surface area contributed by atoms with Crippen LogP contribution in [0.1, 0.15) is 36.0 Å². The van der Waals surface area contributed by atoms with E-state index in [4.69, 9.17) is 4.52 Å². The maximum Gasteiger partial charge on any atom is 0.241 e. The first-order valence-electron chi connectivity index (χ1n) is 9.59. The number of rotatable bonds is 6. The average Bonchev–Trinajstić information content (AvgIpc) is 3.40. The van der Waals surface area contributed by atoms with Crippen LogP contribution in [0, 0.1) is 5.92 Å². The third kappa shape index (κ3) is 4.78. The minimum absolute atomic E-state index is 0.0218. The molecule has 1 amide bonds. The van der Waals surface area contributed by atoms with Crippen LogP contribution in [0.15, 0.2) is 46.3 Å². The van der Waals surface area contributed by atoms with Crippen molar-refractivity contribution in [2.75, 3.05) is 18.4 Å². The second kappa shape index (κ2) is 8.67. The first-order valence-corrected chi connectivity index (χ1v) is 10.5. The number of ketones is 1. The summed E-state index contributed by atoms with van der Waals surface area (Å²) in [5.74, 6) is 0.992. The highest BCUT2D eigenvalue weighted by Gasteiger charge is 2.27. The molecule has 1 unspecified atom stereocenters. The van der Waals surface area contributed by atoms with Gasteiger partial charge in [-0.3, -0.25) is 14.5 Å². The summed E-state index contributed by atoms with van der Waals surface area (Å²) in [4.78, 5) is 31.9. The Labute approximate surface area is 172 Å². The van der Waals surface area contributed by atoms with E-state index in [9.17, 15) is 9.59 Å². The number of Topliss-reactive ketones (excluding diaryl/α,β-unsaturated/α-hetero) is 1.